The Morgan fingerprint density at radius 2 is 1.64 bits per heavy atom. The van der Waals surface area contributed by atoms with Crippen molar-refractivity contribution in [2.24, 2.45) is 0 Å². The van der Waals surface area contributed by atoms with Crippen LogP contribution in [0.2, 0.25) is 0 Å². The zero-order chi connectivity index (χ0) is 22.6. The fraction of sp³-hybridized carbons (Fsp3) is 0.292. The maximum absolute atomic E-state index is 12.4. The molecule has 1 aliphatic rings. The molecule has 0 radical (unpaired) electrons. The predicted molar refractivity (Wildman–Crippen MR) is 125 cm³/mol. The normalized spacial score (nSPS) is 13.9. The number of amides is 2. The number of anilines is 1. The van der Waals surface area contributed by atoms with E-state index in [9.17, 15) is 9.59 Å². The molecule has 0 aliphatic heterocycles. The SMILES string of the molecule is O=C(CCC(=O)NC1CCCC1)NNc1nc2ccccc2c2nc(-c3ccccc3)nn12. The van der Waals surface area contributed by atoms with Gasteiger partial charge in [-0.3, -0.25) is 20.4 Å². The molecule has 2 aromatic carbocycles. The van der Waals surface area contributed by atoms with Gasteiger partial charge in [-0.05, 0) is 25.0 Å². The molecule has 33 heavy (non-hydrogen) atoms. The highest BCUT2D eigenvalue weighted by Crippen LogP contribution is 2.23. The quantitative estimate of drug-likeness (QED) is 0.378. The molecule has 0 unspecified atom stereocenters. The first-order valence-corrected chi connectivity index (χ1v) is 11.2. The summed E-state index contributed by atoms with van der Waals surface area (Å²) in [6, 6.07) is 17.6. The van der Waals surface area contributed by atoms with Crippen molar-refractivity contribution in [1.82, 2.24) is 30.3 Å². The standard InChI is InChI=1S/C24H25N7O2/c32-20(25-17-10-4-5-11-17)14-15-21(33)28-29-24-26-19-13-7-6-12-18(19)23-27-22(30-31(23)24)16-8-2-1-3-9-16/h1-3,6-9,12-13,17H,4-5,10-11,14-15H2,(H,25,32)(H,26,29)(H,28,33). The molecule has 5 rings (SSSR count). The monoisotopic (exact) mass is 443 g/mol. The molecule has 0 bridgehead atoms. The summed E-state index contributed by atoms with van der Waals surface area (Å²) in [5.74, 6) is 0.504. The van der Waals surface area contributed by atoms with E-state index in [4.69, 9.17) is 4.98 Å². The highest BCUT2D eigenvalue weighted by Gasteiger charge is 2.18. The van der Waals surface area contributed by atoms with Crippen molar-refractivity contribution in [3.8, 4) is 11.4 Å². The molecule has 1 fully saturated rings. The number of para-hydroxylation sites is 1. The number of aromatic nitrogens is 4. The van der Waals surface area contributed by atoms with Crippen molar-refractivity contribution in [2.75, 3.05) is 5.43 Å². The molecule has 1 saturated carbocycles. The number of nitrogens with zero attached hydrogens (tertiary/aromatic N) is 4. The molecule has 0 atom stereocenters. The average molecular weight is 444 g/mol. The molecule has 168 valence electrons. The molecule has 2 heterocycles. The maximum Gasteiger partial charge on any atom is 0.245 e. The summed E-state index contributed by atoms with van der Waals surface area (Å²) >= 11 is 0. The number of hydrogen-bond acceptors (Lipinski definition) is 6. The molecule has 1 aliphatic carbocycles. The first-order valence-electron chi connectivity index (χ1n) is 11.2. The van der Waals surface area contributed by atoms with Gasteiger partial charge in [0.15, 0.2) is 11.5 Å². The van der Waals surface area contributed by atoms with E-state index in [-0.39, 0.29) is 30.7 Å². The van der Waals surface area contributed by atoms with Crippen LogP contribution in [-0.4, -0.2) is 37.4 Å². The minimum Gasteiger partial charge on any atom is -0.353 e. The van der Waals surface area contributed by atoms with Crippen LogP contribution in [0.15, 0.2) is 54.6 Å². The van der Waals surface area contributed by atoms with Crippen LogP contribution in [0.5, 0.6) is 0 Å². The number of benzene rings is 2. The highest BCUT2D eigenvalue weighted by atomic mass is 16.2. The van der Waals surface area contributed by atoms with Crippen LogP contribution >= 0.6 is 0 Å². The Kier molecular flexibility index (Phi) is 5.84. The van der Waals surface area contributed by atoms with Crippen LogP contribution in [0.25, 0.3) is 27.9 Å². The highest BCUT2D eigenvalue weighted by molar-refractivity contribution is 5.93. The summed E-state index contributed by atoms with van der Waals surface area (Å²) in [5.41, 5.74) is 7.73. The molecule has 0 spiro atoms. The van der Waals surface area contributed by atoms with Crippen LogP contribution in [0.1, 0.15) is 38.5 Å². The number of hydrazine groups is 1. The Balaban J connectivity index is 1.32. The first-order chi connectivity index (χ1) is 16.2. The molecule has 2 aromatic heterocycles. The second kappa shape index (κ2) is 9.23. The second-order valence-corrected chi connectivity index (χ2v) is 8.21. The predicted octanol–water partition coefficient (Wildman–Crippen LogP) is 3.23. The van der Waals surface area contributed by atoms with Gasteiger partial charge < -0.3 is 5.32 Å². The lowest BCUT2D eigenvalue weighted by atomic mass is 10.2. The number of carbonyl (C=O) groups excluding carboxylic acids is 2. The van der Waals surface area contributed by atoms with Gasteiger partial charge in [0.25, 0.3) is 0 Å². The van der Waals surface area contributed by atoms with Crippen LogP contribution in [0.4, 0.5) is 5.95 Å². The van der Waals surface area contributed by atoms with Crippen molar-refractivity contribution < 1.29 is 9.59 Å². The maximum atomic E-state index is 12.4. The third-order valence-electron chi connectivity index (χ3n) is 5.82. The largest absolute Gasteiger partial charge is 0.353 e. The number of fused-ring (bicyclic) bond motifs is 3. The van der Waals surface area contributed by atoms with Crippen molar-refractivity contribution in [1.29, 1.82) is 0 Å². The van der Waals surface area contributed by atoms with Crippen molar-refractivity contribution >= 4 is 34.3 Å². The van der Waals surface area contributed by atoms with Gasteiger partial charge in [-0.15, -0.1) is 5.10 Å². The Morgan fingerprint density at radius 3 is 2.45 bits per heavy atom. The van der Waals surface area contributed by atoms with Gasteiger partial charge in [-0.1, -0.05) is 55.3 Å². The number of nitrogens with one attached hydrogen (secondary N) is 3. The number of hydrogen-bond donors (Lipinski definition) is 3. The lowest BCUT2D eigenvalue weighted by Crippen LogP contribution is -2.35. The zero-order valence-electron chi connectivity index (χ0n) is 18.1. The molecule has 2 amide bonds. The van der Waals surface area contributed by atoms with Crippen molar-refractivity contribution in [3.05, 3.63) is 54.6 Å². The number of carbonyl (C=O) groups is 2. The Labute approximate surface area is 190 Å². The summed E-state index contributed by atoms with van der Waals surface area (Å²) in [4.78, 5) is 33.8. The van der Waals surface area contributed by atoms with Crippen molar-refractivity contribution in [3.63, 3.8) is 0 Å². The summed E-state index contributed by atoms with van der Waals surface area (Å²) in [6.45, 7) is 0. The fourth-order valence-electron chi connectivity index (χ4n) is 4.13. The molecular formula is C24H25N7O2. The van der Waals surface area contributed by atoms with E-state index in [0.29, 0.717) is 17.4 Å². The molecular weight excluding hydrogens is 418 g/mol. The van der Waals surface area contributed by atoms with Gasteiger partial charge in [-0.25, -0.2) is 9.97 Å². The molecule has 9 heteroatoms. The fourth-order valence-corrected chi connectivity index (χ4v) is 4.13. The van der Waals surface area contributed by atoms with Crippen LogP contribution in [0.3, 0.4) is 0 Å². The Bertz CT molecular complexity index is 1300. The molecule has 3 N–H and O–H groups in total. The van der Waals surface area contributed by atoms with E-state index < -0.39 is 0 Å². The minimum atomic E-state index is -0.303. The van der Waals surface area contributed by atoms with Crippen LogP contribution in [0, 0.1) is 0 Å². The van der Waals surface area contributed by atoms with Gasteiger partial charge in [0.2, 0.25) is 17.8 Å². The Hall–Kier alpha value is -4.01. The van der Waals surface area contributed by atoms with E-state index >= 15 is 0 Å². The van der Waals surface area contributed by atoms with Gasteiger partial charge in [-0.2, -0.15) is 4.52 Å². The molecule has 0 saturated heterocycles. The van der Waals surface area contributed by atoms with E-state index in [1.807, 2.05) is 54.6 Å². The smallest absolute Gasteiger partial charge is 0.245 e. The Morgan fingerprint density at radius 1 is 0.909 bits per heavy atom. The van der Waals surface area contributed by atoms with E-state index in [0.717, 1.165) is 42.1 Å². The van der Waals surface area contributed by atoms with Crippen LogP contribution < -0.4 is 16.2 Å². The van der Waals surface area contributed by atoms with E-state index in [1.165, 1.54) is 0 Å². The van der Waals surface area contributed by atoms with E-state index in [2.05, 4.69) is 26.3 Å². The summed E-state index contributed by atoms with van der Waals surface area (Å²) in [5, 5.41) is 8.46. The second-order valence-electron chi connectivity index (χ2n) is 8.21. The topological polar surface area (TPSA) is 113 Å². The summed E-state index contributed by atoms with van der Waals surface area (Å²) in [6.07, 6.45) is 4.56. The van der Waals surface area contributed by atoms with E-state index in [1.54, 1.807) is 4.52 Å². The van der Waals surface area contributed by atoms with Gasteiger partial charge in [0, 0.05) is 29.8 Å². The van der Waals surface area contributed by atoms with Gasteiger partial charge >= 0.3 is 0 Å². The third kappa shape index (κ3) is 4.62. The van der Waals surface area contributed by atoms with Gasteiger partial charge in [0.1, 0.15) is 0 Å². The van der Waals surface area contributed by atoms with Crippen molar-refractivity contribution in [2.45, 2.75) is 44.6 Å². The lowest BCUT2D eigenvalue weighted by molar-refractivity contribution is -0.126. The molecule has 4 aromatic rings. The van der Waals surface area contributed by atoms with Crippen LogP contribution in [-0.2, 0) is 9.59 Å². The lowest BCUT2D eigenvalue weighted by Gasteiger charge is -2.12. The summed E-state index contributed by atoms with van der Waals surface area (Å²) < 4.78 is 1.58. The summed E-state index contributed by atoms with van der Waals surface area (Å²) in [7, 11) is 0. The number of rotatable bonds is 7. The zero-order valence-corrected chi connectivity index (χ0v) is 18.1. The molecule has 9 nitrogen and oxygen atoms in total. The average Bonchev–Trinajstić information content (AvgIpc) is 3.52. The minimum absolute atomic E-state index is 0.0783. The van der Waals surface area contributed by atoms with Gasteiger partial charge in [0.05, 0.1) is 5.52 Å². The third-order valence-corrected chi connectivity index (χ3v) is 5.82. The first kappa shape index (κ1) is 20.9.